The van der Waals surface area contributed by atoms with Gasteiger partial charge in [0.2, 0.25) is 0 Å². The van der Waals surface area contributed by atoms with Crippen molar-refractivity contribution in [3.05, 3.63) is 70.3 Å². The molecular formula is C20H20BrN3O. The average Bonchev–Trinajstić information content (AvgIpc) is 2.57. The van der Waals surface area contributed by atoms with Gasteiger partial charge in [-0.2, -0.15) is 5.26 Å². The van der Waals surface area contributed by atoms with E-state index in [0.29, 0.717) is 5.69 Å². The van der Waals surface area contributed by atoms with Crippen LogP contribution in [0.25, 0.3) is 0 Å². The zero-order valence-electron chi connectivity index (χ0n) is 14.4. The number of nitrogens with one attached hydrogen (secondary N) is 2. The van der Waals surface area contributed by atoms with Crippen molar-refractivity contribution in [3.63, 3.8) is 0 Å². The largest absolute Gasteiger partial charge is 0.360 e. The quantitative estimate of drug-likeness (QED) is 0.549. The topological polar surface area (TPSA) is 64.9 Å². The molecule has 4 nitrogen and oxygen atoms in total. The second-order valence-electron chi connectivity index (χ2n) is 6.60. The van der Waals surface area contributed by atoms with Crippen LogP contribution < -0.4 is 10.6 Å². The molecule has 0 heterocycles. The zero-order valence-corrected chi connectivity index (χ0v) is 16.0. The van der Waals surface area contributed by atoms with Gasteiger partial charge in [0.05, 0.1) is 0 Å². The van der Waals surface area contributed by atoms with Gasteiger partial charge in [0.15, 0.2) is 0 Å². The van der Waals surface area contributed by atoms with Crippen molar-refractivity contribution in [2.45, 2.75) is 26.2 Å². The van der Waals surface area contributed by atoms with Crippen LogP contribution in [-0.2, 0) is 10.2 Å². The molecule has 0 aliphatic heterocycles. The molecule has 1 amide bonds. The van der Waals surface area contributed by atoms with Gasteiger partial charge in [0, 0.05) is 22.0 Å². The van der Waals surface area contributed by atoms with Gasteiger partial charge < -0.3 is 10.6 Å². The number of nitriles is 1. The summed E-state index contributed by atoms with van der Waals surface area (Å²) >= 11 is 3.34. The summed E-state index contributed by atoms with van der Waals surface area (Å²) in [6, 6.07) is 17.0. The number of anilines is 2. The van der Waals surface area contributed by atoms with Gasteiger partial charge in [-0.05, 0) is 47.4 Å². The summed E-state index contributed by atoms with van der Waals surface area (Å²) in [5.41, 5.74) is 2.75. The number of hydrogen-bond acceptors (Lipinski definition) is 3. The number of hydrogen-bond donors (Lipinski definition) is 2. The van der Waals surface area contributed by atoms with Gasteiger partial charge in [0.1, 0.15) is 11.6 Å². The maximum Gasteiger partial charge on any atom is 0.267 e. The van der Waals surface area contributed by atoms with Crippen LogP contribution in [0.5, 0.6) is 0 Å². The van der Waals surface area contributed by atoms with E-state index in [-0.39, 0.29) is 11.0 Å². The standard InChI is InChI=1S/C20H20BrN3O/c1-20(2,3)15-4-8-17(9-5-15)23-13-14(12-22)19(25)24-18-10-6-16(21)7-11-18/h4-11,13,23H,1-3H3,(H,24,25)/b14-13-. The minimum absolute atomic E-state index is 0.00261. The number of halogens is 1. The van der Waals surface area contributed by atoms with Crippen LogP contribution in [0.3, 0.4) is 0 Å². The van der Waals surface area contributed by atoms with E-state index in [0.717, 1.165) is 10.2 Å². The first-order chi connectivity index (χ1) is 11.8. The lowest BCUT2D eigenvalue weighted by Crippen LogP contribution is -2.14. The molecule has 128 valence electrons. The molecule has 0 spiro atoms. The Labute approximate surface area is 156 Å². The number of rotatable bonds is 4. The Morgan fingerprint density at radius 3 is 2.12 bits per heavy atom. The van der Waals surface area contributed by atoms with E-state index in [1.807, 2.05) is 42.5 Å². The highest BCUT2D eigenvalue weighted by Crippen LogP contribution is 2.23. The summed E-state index contributed by atoms with van der Waals surface area (Å²) in [4.78, 5) is 12.2. The molecule has 0 radical (unpaired) electrons. The molecule has 0 aliphatic rings. The molecule has 2 aromatic rings. The van der Waals surface area contributed by atoms with E-state index in [1.165, 1.54) is 11.8 Å². The van der Waals surface area contributed by atoms with Crippen LogP contribution in [0.15, 0.2) is 64.8 Å². The molecule has 25 heavy (non-hydrogen) atoms. The second-order valence-corrected chi connectivity index (χ2v) is 7.52. The van der Waals surface area contributed by atoms with Crippen molar-refractivity contribution >= 4 is 33.2 Å². The molecular weight excluding hydrogens is 378 g/mol. The molecule has 2 aromatic carbocycles. The van der Waals surface area contributed by atoms with E-state index < -0.39 is 5.91 Å². The van der Waals surface area contributed by atoms with E-state index >= 15 is 0 Å². The Balaban J connectivity index is 2.05. The molecule has 0 aromatic heterocycles. The third-order valence-corrected chi connectivity index (χ3v) is 4.13. The van der Waals surface area contributed by atoms with E-state index in [1.54, 1.807) is 12.1 Å². The molecule has 5 heteroatoms. The highest BCUT2D eigenvalue weighted by Gasteiger charge is 2.13. The van der Waals surface area contributed by atoms with Crippen molar-refractivity contribution in [1.29, 1.82) is 5.26 Å². The number of nitrogens with zero attached hydrogens (tertiary/aromatic N) is 1. The first kappa shape index (κ1) is 18.8. The van der Waals surface area contributed by atoms with Crippen LogP contribution >= 0.6 is 15.9 Å². The Hall–Kier alpha value is -2.58. The Kier molecular flexibility index (Phi) is 6.00. The first-order valence-electron chi connectivity index (χ1n) is 7.84. The molecule has 0 bridgehead atoms. The molecule has 0 atom stereocenters. The summed E-state index contributed by atoms with van der Waals surface area (Å²) in [5.74, 6) is -0.455. The number of carbonyl (C=O) groups is 1. The average molecular weight is 398 g/mol. The Morgan fingerprint density at radius 1 is 1.04 bits per heavy atom. The molecule has 0 saturated heterocycles. The molecule has 0 unspecified atom stereocenters. The fourth-order valence-corrected chi connectivity index (χ4v) is 2.37. The lowest BCUT2D eigenvalue weighted by Gasteiger charge is -2.19. The minimum Gasteiger partial charge on any atom is -0.360 e. The summed E-state index contributed by atoms with van der Waals surface area (Å²) in [6.07, 6.45) is 1.42. The summed E-state index contributed by atoms with van der Waals surface area (Å²) in [6.45, 7) is 6.45. The van der Waals surface area contributed by atoms with Gasteiger partial charge in [-0.15, -0.1) is 0 Å². The van der Waals surface area contributed by atoms with E-state index in [2.05, 4.69) is 47.3 Å². The van der Waals surface area contributed by atoms with Crippen LogP contribution in [0.2, 0.25) is 0 Å². The van der Waals surface area contributed by atoms with E-state index in [9.17, 15) is 10.1 Å². The fraction of sp³-hybridized carbons (Fsp3) is 0.200. The SMILES string of the molecule is CC(C)(C)c1ccc(N/C=C(/C#N)C(=O)Nc2ccc(Br)cc2)cc1. The molecule has 0 saturated carbocycles. The van der Waals surface area contributed by atoms with Crippen molar-refractivity contribution in [1.82, 2.24) is 0 Å². The Bertz CT molecular complexity index is 810. The molecule has 2 N–H and O–H groups in total. The van der Waals surface area contributed by atoms with Gasteiger partial charge >= 0.3 is 0 Å². The lowest BCUT2D eigenvalue weighted by atomic mass is 9.87. The van der Waals surface area contributed by atoms with Crippen molar-refractivity contribution in [2.75, 3.05) is 10.6 Å². The van der Waals surface area contributed by atoms with E-state index in [4.69, 9.17) is 0 Å². The third kappa shape index (κ3) is 5.47. The number of amides is 1. The first-order valence-corrected chi connectivity index (χ1v) is 8.63. The fourth-order valence-electron chi connectivity index (χ4n) is 2.10. The lowest BCUT2D eigenvalue weighted by molar-refractivity contribution is -0.112. The third-order valence-electron chi connectivity index (χ3n) is 3.60. The number of carbonyl (C=O) groups excluding carboxylic acids is 1. The van der Waals surface area contributed by atoms with Crippen molar-refractivity contribution in [3.8, 4) is 6.07 Å². The summed E-state index contributed by atoms with van der Waals surface area (Å²) in [5, 5.41) is 14.9. The normalized spacial score (nSPS) is 11.6. The highest BCUT2D eigenvalue weighted by atomic mass is 79.9. The summed E-state index contributed by atoms with van der Waals surface area (Å²) in [7, 11) is 0. The van der Waals surface area contributed by atoms with Crippen molar-refractivity contribution in [2.24, 2.45) is 0 Å². The highest BCUT2D eigenvalue weighted by molar-refractivity contribution is 9.10. The van der Waals surface area contributed by atoms with Gasteiger partial charge in [-0.3, -0.25) is 4.79 Å². The zero-order chi connectivity index (χ0) is 18.4. The Morgan fingerprint density at radius 2 is 1.60 bits per heavy atom. The predicted molar refractivity (Wildman–Crippen MR) is 105 cm³/mol. The van der Waals surface area contributed by atoms with Gasteiger partial charge in [-0.1, -0.05) is 48.8 Å². The van der Waals surface area contributed by atoms with Crippen LogP contribution in [0.4, 0.5) is 11.4 Å². The number of benzene rings is 2. The van der Waals surface area contributed by atoms with Crippen LogP contribution in [0.1, 0.15) is 26.3 Å². The minimum atomic E-state index is -0.455. The second kappa shape index (κ2) is 8.00. The molecule has 2 rings (SSSR count). The van der Waals surface area contributed by atoms with Gasteiger partial charge in [0.25, 0.3) is 5.91 Å². The smallest absolute Gasteiger partial charge is 0.267 e. The monoisotopic (exact) mass is 397 g/mol. The molecule has 0 fully saturated rings. The summed E-state index contributed by atoms with van der Waals surface area (Å²) < 4.78 is 0.918. The maximum absolute atomic E-state index is 12.2. The predicted octanol–water partition coefficient (Wildman–Crippen LogP) is 5.20. The molecule has 0 aliphatic carbocycles. The van der Waals surface area contributed by atoms with Crippen molar-refractivity contribution < 1.29 is 4.79 Å². The van der Waals surface area contributed by atoms with Crippen LogP contribution in [0, 0.1) is 11.3 Å². The van der Waals surface area contributed by atoms with Crippen LogP contribution in [-0.4, -0.2) is 5.91 Å². The van der Waals surface area contributed by atoms with Gasteiger partial charge in [-0.25, -0.2) is 0 Å². The maximum atomic E-state index is 12.2.